The number of ether oxygens (including phenoxy) is 1. The maximum Gasteiger partial charge on any atom is 0.319 e. The minimum atomic E-state index is -1.70. The monoisotopic (exact) mass is 565 g/mol. The van der Waals surface area contributed by atoms with Crippen molar-refractivity contribution in [3.63, 3.8) is 0 Å². The van der Waals surface area contributed by atoms with E-state index in [1.807, 2.05) is 42.5 Å². The first kappa shape index (κ1) is 30.0. The smallest absolute Gasteiger partial charge is 0.319 e. The van der Waals surface area contributed by atoms with Crippen LogP contribution in [-0.2, 0) is 11.0 Å². The zero-order valence-corrected chi connectivity index (χ0v) is 25.6. The van der Waals surface area contributed by atoms with Crippen LogP contribution in [0.4, 0.5) is 14.9 Å². The quantitative estimate of drug-likeness (QED) is 0.186. The van der Waals surface area contributed by atoms with Gasteiger partial charge in [0.2, 0.25) is 0 Å². The Morgan fingerprint density at radius 2 is 1.77 bits per heavy atom. The molecule has 1 aliphatic rings. The molecule has 4 rings (SSSR count). The number of urea groups is 1. The summed E-state index contributed by atoms with van der Waals surface area (Å²) in [5, 5.41) is 8.21. The van der Waals surface area contributed by atoms with Gasteiger partial charge in [-0.3, -0.25) is 4.90 Å². The molecule has 0 bridgehead atoms. The van der Waals surface area contributed by atoms with Crippen molar-refractivity contribution in [2.75, 3.05) is 31.6 Å². The van der Waals surface area contributed by atoms with Crippen LogP contribution in [0.1, 0.15) is 45.6 Å². The number of hydrogen-bond acceptors (Lipinski definition) is 4. The van der Waals surface area contributed by atoms with Crippen LogP contribution >= 0.6 is 0 Å². The van der Waals surface area contributed by atoms with Crippen LogP contribution in [0, 0.1) is 5.82 Å². The molecule has 0 unspecified atom stereocenters. The Hall–Kier alpha value is -2.94. The van der Waals surface area contributed by atoms with Gasteiger partial charge in [-0.05, 0) is 84.1 Å². The van der Waals surface area contributed by atoms with Crippen molar-refractivity contribution in [3.8, 4) is 5.75 Å². The molecule has 0 radical (unpaired) electrons. The van der Waals surface area contributed by atoms with Gasteiger partial charge in [-0.15, -0.1) is 0 Å². The van der Waals surface area contributed by atoms with Crippen LogP contribution in [0.25, 0.3) is 10.8 Å². The fraction of sp³-hybridized carbons (Fsp3) is 0.469. The van der Waals surface area contributed by atoms with Gasteiger partial charge in [0.1, 0.15) is 11.6 Å². The van der Waals surface area contributed by atoms with Crippen LogP contribution in [0.3, 0.4) is 0 Å². The lowest BCUT2D eigenvalue weighted by atomic mass is 10.1. The number of likely N-dealkylation sites (tertiary alicyclic amines) is 1. The van der Waals surface area contributed by atoms with Gasteiger partial charge in [0.15, 0.2) is 8.32 Å². The standard InChI is InChI=1S/C32H44FN3O3Si/c1-32(2,3)40(4,5)39-18-7-6-17-38-30-10-8-9-28(21-30)34-31(37)35-29-15-16-36(23-29)22-24-11-12-26-20-27(33)14-13-25(26)19-24/h8-14,19-21,29H,6-7,15-18,22-23H2,1-5H3,(H2,34,35,37)/t29-/m1/s1. The first-order valence-electron chi connectivity index (χ1n) is 14.3. The van der Waals surface area contributed by atoms with Crippen molar-refractivity contribution in [2.24, 2.45) is 0 Å². The van der Waals surface area contributed by atoms with E-state index in [1.165, 1.54) is 11.6 Å². The van der Waals surface area contributed by atoms with E-state index in [0.29, 0.717) is 12.3 Å². The van der Waals surface area contributed by atoms with Crippen LogP contribution in [0.5, 0.6) is 5.75 Å². The molecule has 0 aromatic heterocycles. The fourth-order valence-electron chi connectivity index (χ4n) is 4.67. The SMILES string of the molecule is CC(C)(C)[Si](C)(C)OCCCCOc1cccc(NC(=O)N[C@@H]2CCN(Cc3ccc4cc(F)ccc4c3)C2)c1. The average Bonchev–Trinajstić information content (AvgIpc) is 3.32. The normalized spacial score (nSPS) is 16.3. The Kier molecular flexibility index (Phi) is 9.87. The van der Waals surface area contributed by atoms with Crippen molar-refractivity contribution >= 4 is 30.8 Å². The Morgan fingerprint density at radius 3 is 2.58 bits per heavy atom. The summed E-state index contributed by atoms with van der Waals surface area (Å²) in [5.74, 6) is 0.526. The van der Waals surface area contributed by atoms with Crippen molar-refractivity contribution < 1.29 is 18.3 Å². The summed E-state index contributed by atoms with van der Waals surface area (Å²) < 4.78 is 25.6. The Morgan fingerprint density at radius 1 is 1.02 bits per heavy atom. The number of fused-ring (bicyclic) bond motifs is 1. The number of anilines is 1. The molecule has 0 saturated carbocycles. The topological polar surface area (TPSA) is 62.8 Å². The van der Waals surface area contributed by atoms with Crippen molar-refractivity contribution in [1.29, 1.82) is 0 Å². The minimum absolute atomic E-state index is 0.0857. The summed E-state index contributed by atoms with van der Waals surface area (Å²) in [6.07, 6.45) is 2.78. The summed E-state index contributed by atoms with van der Waals surface area (Å²) in [6.45, 7) is 15.2. The van der Waals surface area contributed by atoms with Gasteiger partial charge in [0.25, 0.3) is 0 Å². The third kappa shape index (κ3) is 8.53. The van der Waals surface area contributed by atoms with Crippen molar-refractivity contribution in [3.05, 3.63) is 72.0 Å². The molecular weight excluding hydrogens is 521 g/mol. The largest absolute Gasteiger partial charge is 0.494 e. The Labute approximate surface area is 239 Å². The molecule has 1 fully saturated rings. The first-order valence-corrected chi connectivity index (χ1v) is 17.2. The zero-order chi connectivity index (χ0) is 28.8. The summed E-state index contributed by atoms with van der Waals surface area (Å²) in [5.41, 5.74) is 1.89. The van der Waals surface area contributed by atoms with Gasteiger partial charge < -0.3 is 19.8 Å². The van der Waals surface area contributed by atoms with Gasteiger partial charge in [-0.1, -0.05) is 45.0 Å². The maximum atomic E-state index is 13.5. The highest BCUT2D eigenvalue weighted by Crippen LogP contribution is 2.36. The molecule has 1 aliphatic heterocycles. The second kappa shape index (κ2) is 13.1. The highest BCUT2D eigenvalue weighted by atomic mass is 28.4. The summed E-state index contributed by atoms with van der Waals surface area (Å²) in [4.78, 5) is 15.0. The zero-order valence-electron chi connectivity index (χ0n) is 24.6. The molecule has 2 amide bonds. The van der Waals surface area contributed by atoms with Gasteiger partial charge in [-0.25, -0.2) is 9.18 Å². The van der Waals surface area contributed by atoms with Gasteiger partial charge >= 0.3 is 6.03 Å². The third-order valence-corrected chi connectivity index (χ3v) is 12.6. The lowest BCUT2D eigenvalue weighted by molar-refractivity contribution is 0.247. The van der Waals surface area contributed by atoms with Gasteiger partial charge in [0.05, 0.1) is 6.61 Å². The molecule has 1 atom stereocenters. The number of hydrogen-bond donors (Lipinski definition) is 2. The summed E-state index contributed by atoms with van der Waals surface area (Å²) >= 11 is 0. The number of carbonyl (C=O) groups is 1. The minimum Gasteiger partial charge on any atom is -0.494 e. The van der Waals surface area contributed by atoms with Crippen molar-refractivity contribution in [1.82, 2.24) is 10.2 Å². The predicted octanol–water partition coefficient (Wildman–Crippen LogP) is 7.56. The fourth-order valence-corrected chi connectivity index (χ4v) is 5.76. The average molecular weight is 566 g/mol. The summed E-state index contributed by atoms with van der Waals surface area (Å²) in [7, 11) is -1.70. The molecule has 40 heavy (non-hydrogen) atoms. The number of rotatable bonds is 11. The van der Waals surface area contributed by atoms with E-state index in [0.717, 1.165) is 62.0 Å². The molecule has 8 heteroatoms. The van der Waals surface area contributed by atoms with Gasteiger partial charge in [0, 0.05) is 44.0 Å². The van der Waals surface area contributed by atoms with Crippen LogP contribution in [0.2, 0.25) is 18.1 Å². The van der Waals surface area contributed by atoms with Crippen LogP contribution in [0.15, 0.2) is 60.7 Å². The number of benzene rings is 3. The molecule has 6 nitrogen and oxygen atoms in total. The molecule has 1 heterocycles. The number of nitrogens with zero attached hydrogens (tertiary/aromatic N) is 1. The predicted molar refractivity (Wildman–Crippen MR) is 164 cm³/mol. The molecular formula is C32H44FN3O3Si. The number of amides is 2. The molecule has 0 aliphatic carbocycles. The molecule has 2 N–H and O–H groups in total. The van der Waals surface area contributed by atoms with Crippen LogP contribution < -0.4 is 15.4 Å². The van der Waals surface area contributed by atoms with Gasteiger partial charge in [-0.2, -0.15) is 0 Å². The Bertz CT molecular complexity index is 1290. The van der Waals surface area contributed by atoms with E-state index in [2.05, 4.69) is 55.5 Å². The summed E-state index contributed by atoms with van der Waals surface area (Å²) in [6, 6.07) is 18.4. The van der Waals surface area contributed by atoms with E-state index in [4.69, 9.17) is 9.16 Å². The van der Waals surface area contributed by atoms with E-state index in [9.17, 15) is 9.18 Å². The van der Waals surface area contributed by atoms with E-state index < -0.39 is 8.32 Å². The third-order valence-electron chi connectivity index (χ3n) is 8.05. The highest BCUT2D eigenvalue weighted by molar-refractivity contribution is 6.74. The van der Waals surface area contributed by atoms with E-state index in [-0.39, 0.29) is 22.9 Å². The van der Waals surface area contributed by atoms with Crippen molar-refractivity contribution in [2.45, 2.75) is 70.8 Å². The highest BCUT2D eigenvalue weighted by Gasteiger charge is 2.36. The molecule has 3 aromatic carbocycles. The molecule has 1 saturated heterocycles. The number of nitrogens with one attached hydrogen (secondary N) is 2. The second-order valence-corrected chi connectivity index (χ2v) is 17.1. The number of carbonyl (C=O) groups excluding carboxylic acids is 1. The lowest BCUT2D eigenvalue weighted by Gasteiger charge is -2.36. The van der Waals surface area contributed by atoms with E-state index >= 15 is 0 Å². The van der Waals surface area contributed by atoms with E-state index in [1.54, 1.807) is 6.07 Å². The second-order valence-electron chi connectivity index (χ2n) is 12.3. The maximum absolute atomic E-state index is 13.5. The number of unbranched alkanes of at least 4 members (excludes halogenated alkanes) is 1. The lowest BCUT2D eigenvalue weighted by Crippen LogP contribution is -2.41. The number of halogens is 1. The van der Waals surface area contributed by atoms with Crippen LogP contribution in [-0.4, -0.2) is 51.6 Å². The molecule has 216 valence electrons. The molecule has 0 spiro atoms. The first-order chi connectivity index (χ1) is 19.0. The molecule has 3 aromatic rings. The Balaban J connectivity index is 1.16.